The predicted octanol–water partition coefficient (Wildman–Crippen LogP) is 5.43. The van der Waals surface area contributed by atoms with E-state index in [4.69, 9.17) is 11.6 Å². The zero-order valence-corrected chi connectivity index (χ0v) is 15.5. The zero-order valence-electron chi connectivity index (χ0n) is 14.8. The quantitative estimate of drug-likeness (QED) is 0.574. The van der Waals surface area contributed by atoms with Crippen LogP contribution >= 0.6 is 11.6 Å². The molecule has 2 aromatic carbocycles. The molecule has 2 rings (SSSR count). The van der Waals surface area contributed by atoms with Crippen LogP contribution in [0.1, 0.15) is 49.2 Å². The molecule has 0 atom stereocenters. The van der Waals surface area contributed by atoms with Crippen LogP contribution in [0.3, 0.4) is 0 Å². The highest BCUT2D eigenvalue weighted by atomic mass is 35.5. The van der Waals surface area contributed by atoms with E-state index >= 15 is 0 Å². The number of carbonyl (C=O) groups excluding carboxylic acids is 1. The zero-order chi connectivity index (χ0) is 17.9. The Labute approximate surface area is 148 Å². The van der Waals surface area contributed by atoms with Gasteiger partial charge in [-0.15, -0.1) is 0 Å². The van der Waals surface area contributed by atoms with Crippen LogP contribution in [0, 0.1) is 6.92 Å². The van der Waals surface area contributed by atoms with Crippen molar-refractivity contribution in [3.05, 3.63) is 64.2 Å². The normalized spacial score (nSPS) is 12.2. The summed E-state index contributed by atoms with van der Waals surface area (Å²) in [5, 5.41) is 3.40. The number of hydrogen-bond donors (Lipinski definition) is 1. The molecule has 0 fully saturated rings. The van der Waals surface area contributed by atoms with Crippen molar-refractivity contribution in [2.24, 2.45) is 4.99 Å². The van der Waals surface area contributed by atoms with Crippen molar-refractivity contribution >= 4 is 29.0 Å². The third-order valence-electron chi connectivity index (χ3n) is 3.77. The summed E-state index contributed by atoms with van der Waals surface area (Å²) in [4.78, 5) is 16.7. The highest BCUT2D eigenvalue weighted by Gasteiger charge is 2.14. The minimum absolute atomic E-state index is 0.0638. The van der Waals surface area contributed by atoms with Crippen molar-refractivity contribution in [1.29, 1.82) is 0 Å². The molecule has 0 spiro atoms. The molecule has 1 N–H and O–H groups in total. The van der Waals surface area contributed by atoms with Crippen molar-refractivity contribution in [2.75, 3.05) is 0 Å². The van der Waals surface area contributed by atoms with Gasteiger partial charge in [0.2, 0.25) is 0 Å². The maximum absolute atomic E-state index is 12.3. The van der Waals surface area contributed by atoms with Crippen LogP contribution < -0.4 is 5.32 Å². The molecule has 0 saturated heterocycles. The van der Waals surface area contributed by atoms with Crippen LogP contribution in [0.4, 0.5) is 5.69 Å². The van der Waals surface area contributed by atoms with Crippen molar-refractivity contribution < 1.29 is 4.79 Å². The Hall–Kier alpha value is -2.13. The molecular weight excluding hydrogens is 320 g/mol. The van der Waals surface area contributed by atoms with Gasteiger partial charge in [-0.05, 0) is 48.6 Å². The van der Waals surface area contributed by atoms with Gasteiger partial charge in [-0.25, -0.2) is 4.99 Å². The van der Waals surface area contributed by atoms with E-state index in [1.165, 1.54) is 5.56 Å². The average Bonchev–Trinajstić information content (AvgIpc) is 2.51. The van der Waals surface area contributed by atoms with E-state index in [9.17, 15) is 4.79 Å². The standard InChI is InChI=1S/C20H23ClN2O/c1-13-7-6-8-17(18(13)21)22-14(2)23-19(24)15-9-11-16(12-10-15)20(3,4)5/h6-12H,1-5H3,(H,22,23,24). The van der Waals surface area contributed by atoms with Crippen molar-refractivity contribution in [2.45, 2.75) is 40.0 Å². The number of nitrogens with zero attached hydrogens (tertiary/aromatic N) is 1. The molecule has 0 saturated carbocycles. The van der Waals surface area contributed by atoms with Crippen LogP contribution in [-0.2, 0) is 5.41 Å². The lowest BCUT2D eigenvalue weighted by atomic mass is 9.87. The fourth-order valence-electron chi connectivity index (χ4n) is 2.28. The summed E-state index contributed by atoms with van der Waals surface area (Å²) < 4.78 is 0. The summed E-state index contributed by atoms with van der Waals surface area (Å²) >= 11 is 6.23. The minimum atomic E-state index is -0.180. The van der Waals surface area contributed by atoms with E-state index in [1.54, 1.807) is 6.92 Å². The fourth-order valence-corrected chi connectivity index (χ4v) is 2.45. The van der Waals surface area contributed by atoms with Crippen molar-refractivity contribution in [1.82, 2.24) is 5.32 Å². The summed E-state index contributed by atoms with van der Waals surface area (Å²) in [6.45, 7) is 10.1. The molecular formula is C20H23ClN2O. The summed E-state index contributed by atoms with van der Waals surface area (Å²) in [6, 6.07) is 13.3. The van der Waals surface area contributed by atoms with Gasteiger partial charge < -0.3 is 5.32 Å². The van der Waals surface area contributed by atoms with Gasteiger partial charge in [-0.1, -0.05) is 56.6 Å². The molecule has 0 aliphatic heterocycles. The Morgan fingerprint density at radius 2 is 1.71 bits per heavy atom. The van der Waals surface area contributed by atoms with Gasteiger partial charge in [0, 0.05) is 5.56 Å². The molecule has 2 aromatic rings. The molecule has 24 heavy (non-hydrogen) atoms. The van der Waals surface area contributed by atoms with Gasteiger partial charge >= 0.3 is 0 Å². The highest BCUT2D eigenvalue weighted by molar-refractivity contribution is 6.33. The fraction of sp³-hybridized carbons (Fsp3) is 0.300. The van der Waals surface area contributed by atoms with Crippen LogP contribution in [0.15, 0.2) is 47.5 Å². The summed E-state index contributed by atoms with van der Waals surface area (Å²) in [5.74, 6) is 0.327. The molecule has 0 radical (unpaired) electrons. The molecule has 1 amide bonds. The SMILES string of the molecule is CC(=Nc1cccc(C)c1Cl)NC(=O)c1ccc(C(C)(C)C)cc1. The minimum Gasteiger partial charge on any atom is -0.310 e. The Bertz CT molecular complexity index is 771. The smallest absolute Gasteiger partial charge is 0.256 e. The Kier molecular flexibility index (Phi) is 5.45. The highest BCUT2D eigenvalue weighted by Crippen LogP contribution is 2.27. The van der Waals surface area contributed by atoms with Gasteiger partial charge in [-0.3, -0.25) is 4.79 Å². The number of amidine groups is 1. The number of aliphatic imine (C=N–C) groups is 1. The number of nitrogens with one attached hydrogen (secondary N) is 1. The second-order valence-corrected chi connectivity index (χ2v) is 7.26. The number of carbonyl (C=O) groups is 1. The molecule has 0 aliphatic carbocycles. The van der Waals surface area contributed by atoms with E-state index in [1.807, 2.05) is 49.4 Å². The Morgan fingerprint density at radius 3 is 2.29 bits per heavy atom. The Balaban J connectivity index is 2.14. The van der Waals surface area contributed by atoms with Crippen LogP contribution in [-0.4, -0.2) is 11.7 Å². The second kappa shape index (κ2) is 7.18. The number of amides is 1. The van der Waals surface area contributed by atoms with E-state index in [0.29, 0.717) is 22.1 Å². The monoisotopic (exact) mass is 342 g/mol. The molecule has 0 aliphatic rings. The second-order valence-electron chi connectivity index (χ2n) is 6.89. The number of benzene rings is 2. The average molecular weight is 343 g/mol. The van der Waals surface area contributed by atoms with E-state index in [0.717, 1.165) is 5.56 Å². The molecule has 0 bridgehead atoms. The van der Waals surface area contributed by atoms with Crippen LogP contribution in [0.2, 0.25) is 5.02 Å². The van der Waals surface area contributed by atoms with Gasteiger partial charge in [0.15, 0.2) is 0 Å². The molecule has 3 nitrogen and oxygen atoms in total. The van der Waals surface area contributed by atoms with Crippen LogP contribution in [0.25, 0.3) is 0 Å². The maximum Gasteiger partial charge on any atom is 0.256 e. The third-order valence-corrected chi connectivity index (χ3v) is 4.26. The van der Waals surface area contributed by atoms with Gasteiger partial charge in [0.05, 0.1) is 10.7 Å². The topological polar surface area (TPSA) is 41.5 Å². The first-order chi connectivity index (χ1) is 11.2. The lowest BCUT2D eigenvalue weighted by molar-refractivity contribution is 0.0977. The van der Waals surface area contributed by atoms with E-state index in [2.05, 4.69) is 31.1 Å². The summed E-state index contributed by atoms with van der Waals surface area (Å²) in [6.07, 6.45) is 0. The lowest BCUT2D eigenvalue weighted by Crippen LogP contribution is -2.28. The number of halogens is 1. The number of rotatable bonds is 2. The van der Waals surface area contributed by atoms with Crippen molar-refractivity contribution in [3.63, 3.8) is 0 Å². The van der Waals surface area contributed by atoms with Gasteiger partial charge in [0.25, 0.3) is 5.91 Å². The van der Waals surface area contributed by atoms with Gasteiger partial charge in [0.1, 0.15) is 5.84 Å². The first kappa shape index (κ1) is 18.2. The predicted molar refractivity (Wildman–Crippen MR) is 102 cm³/mol. The molecule has 0 aromatic heterocycles. The van der Waals surface area contributed by atoms with E-state index < -0.39 is 0 Å². The first-order valence-corrected chi connectivity index (χ1v) is 8.28. The van der Waals surface area contributed by atoms with E-state index in [-0.39, 0.29) is 11.3 Å². The lowest BCUT2D eigenvalue weighted by Gasteiger charge is -2.19. The third kappa shape index (κ3) is 4.45. The largest absolute Gasteiger partial charge is 0.310 e. The Morgan fingerprint density at radius 1 is 1.08 bits per heavy atom. The number of hydrogen-bond acceptors (Lipinski definition) is 2. The summed E-state index contributed by atoms with van der Waals surface area (Å²) in [5.41, 5.74) is 3.46. The summed E-state index contributed by atoms with van der Waals surface area (Å²) in [7, 11) is 0. The molecule has 4 heteroatoms. The maximum atomic E-state index is 12.3. The molecule has 126 valence electrons. The molecule has 0 heterocycles. The molecule has 0 unspecified atom stereocenters. The van der Waals surface area contributed by atoms with Crippen molar-refractivity contribution in [3.8, 4) is 0 Å². The van der Waals surface area contributed by atoms with Crippen LogP contribution in [0.5, 0.6) is 0 Å². The number of aryl methyl sites for hydroxylation is 1. The first-order valence-electron chi connectivity index (χ1n) is 7.91. The van der Waals surface area contributed by atoms with Gasteiger partial charge in [-0.2, -0.15) is 0 Å².